The molecule has 0 radical (unpaired) electrons. The highest BCUT2D eigenvalue weighted by Crippen LogP contribution is 2.23. The van der Waals surface area contributed by atoms with Crippen molar-refractivity contribution in [2.45, 2.75) is 12.5 Å². The van der Waals surface area contributed by atoms with E-state index in [-0.39, 0.29) is 0 Å². The topological polar surface area (TPSA) is 62.7 Å². The van der Waals surface area contributed by atoms with Crippen LogP contribution in [0.5, 0.6) is 0 Å². The standard InChI is InChI=1S/C8H8ClN3/c1-8(11,5-10)6-2-3-12-4-7(6)9/h2-4H,11H2,1H3. The number of nitrogens with zero attached hydrogens (tertiary/aromatic N) is 2. The van der Waals surface area contributed by atoms with Gasteiger partial charge in [-0.05, 0) is 13.0 Å². The molecule has 0 spiro atoms. The average molecular weight is 182 g/mol. The van der Waals surface area contributed by atoms with Gasteiger partial charge in [0.05, 0.1) is 11.1 Å². The molecule has 0 aliphatic rings. The number of hydrogen-bond donors (Lipinski definition) is 1. The van der Waals surface area contributed by atoms with Crippen LogP contribution < -0.4 is 5.73 Å². The maximum Gasteiger partial charge on any atom is 0.128 e. The number of hydrogen-bond acceptors (Lipinski definition) is 3. The van der Waals surface area contributed by atoms with Gasteiger partial charge in [0.25, 0.3) is 0 Å². The molecule has 0 saturated carbocycles. The van der Waals surface area contributed by atoms with E-state index in [9.17, 15) is 0 Å². The zero-order valence-electron chi connectivity index (χ0n) is 6.58. The fourth-order valence-corrected chi connectivity index (χ4v) is 1.17. The fourth-order valence-electron chi connectivity index (χ4n) is 0.857. The maximum atomic E-state index is 8.72. The molecule has 1 atom stereocenters. The normalized spacial score (nSPS) is 14.8. The van der Waals surface area contributed by atoms with Crippen molar-refractivity contribution in [1.29, 1.82) is 5.26 Å². The SMILES string of the molecule is CC(N)(C#N)c1ccncc1Cl. The quantitative estimate of drug-likeness (QED) is 0.713. The molecule has 62 valence electrons. The van der Waals surface area contributed by atoms with Crippen LogP contribution in [0.1, 0.15) is 12.5 Å². The second-order valence-corrected chi connectivity index (χ2v) is 3.08. The van der Waals surface area contributed by atoms with Gasteiger partial charge < -0.3 is 5.73 Å². The Bertz CT molecular complexity index is 327. The average Bonchev–Trinajstić information content (AvgIpc) is 2.05. The third-order valence-electron chi connectivity index (χ3n) is 1.56. The summed E-state index contributed by atoms with van der Waals surface area (Å²) < 4.78 is 0. The Morgan fingerprint density at radius 2 is 2.42 bits per heavy atom. The van der Waals surface area contributed by atoms with Gasteiger partial charge >= 0.3 is 0 Å². The Balaban J connectivity index is 3.22. The minimum absolute atomic E-state index is 0.420. The highest BCUT2D eigenvalue weighted by Gasteiger charge is 2.22. The van der Waals surface area contributed by atoms with Crippen LogP contribution in [0.15, 0.2) is 18.5 Å². The number of aromatic nitrogens is 1. The van der Waals surface area contributed by atoms with Gasteiger partial charge in [-0.25, -0.2) is 0 Å². The van der Waals surface area contributed by atoms with Crippen molar-refractivity contribution >= 4 is 11.6 Å². The monoisotopic (exact) mass is 181 g/mol. The van der Waals surface area contributed by atoms with E-state index in [1.807, 2.05) is 6.07 Å². The van der Waals surface area contributed by atoms with Crippen molar-refractivity contribution in [3.8, 4) is 6.07 Å². The predicted molar refractivity (Wildman–Crippen MR) is 46.4 cm³/mol. The van der Waals surface area contributed by atoms with E-state index >= 15 is 0 Å². The fraction of sp³-hybridized carbons (Fsp3) is 0.250. The molecule has 1 unspecified atom stereocenters. The van der Waals surface area contributed by atoms with Gasteiger partial charge in [-0.3, -0.25) is 4.98 Å². The van der Waals surface area contributed by atoms with Crippen LogP contribution in [0.4, 0.5) is 0 Å². The maximum absolute atomic E-state index is 8.72. The smallest absolute Gasteiger partial charge is 0.128 e. The second-order valence-electron chi connectivity index (χ2n) is 2.67. The van der Waals surface area contributed by atoms with E-state index < -0.39 is 5.54 Å². The molecule has 1 heterocycles. The molecule has 4 heteroatoms. The summed E-state index contributed by atoms with van der Waals surface area (Å²) in [5.74, 6) is 0. The van der Waals surface area contributed by atoms with Crippen molar-refractivity contribution in [3.05, 3.63) is 29.0 Å². The van der Waals surface area contributed by atoms with Crippen LogP contribution in [-0.2, 0) is 5.54 Å². The van der Waals surface area contributed by atoms with Crippen LogP contribution in [0, 0.1) is 11.3 Å². The second kappa shape index (κ2) is 3.10. The van der Waals surface area contributed by atoms with Crippen LogP contribution in [-0.4, -0.2) is 4.98 Å². The Hall–Kier alpha value is -1.11. The molecule has 0 aliphatic heterocycles. The lowest BCUT2D eigenvalue weighted by molar-refractivity contribution is 0.645. The molecular formula is C8H8ClN3. The van der Waals surface area contributed by atoms with Crippen LogP contribution in [0.2, 0.25) is 5.02 Å². The van der Waals surface area contributed by atoms with Gasteiger partial charge in [0.1, 0.15) is 5.54 Å². The van der Waals surface area contributed by atoms with Crippen molar-refractivity contribution < 1.29 is 0 Å². The predicted octanol–water partition coefficient (Wildman–Crippen LogP) is 1.43. The summed E-state index contributed by atoms with van der Waals surface area (Å²) in [6.45, 7) is 1.61. The van der Waals surface area contributed by atoms with Gasteiger partial charge in [-0.1, -0.05) is 11.6 Å². The van der Waals surface area contributed by atoms with E-state index in [4.69, 9.17) is 22.6 Å². The third-order valence-corrected chi connectivity index (χ3v) is 1.87. The largest absolute Gasteiger partial charge is 0.310 e. The number of rotatable bonds is 1. The minimum atomic E-state index is -1.04. The molecule has 0 aliphatic carbocycles. The molecule has 0 amide bonds. The zero-order chi connectivity index (χ0) is 9.19. The van der Waals surface area contributed by atoms with Crippen molar-refractivity contribution in [2.24, 2.45) is 5.73 Å². The van der Waals surface area contributed by atoms with Crippen LogP contribution in [0.3, 0.4) is 0 Å². The number of nitriles is 1. The molecule has 0 saturated heterocycles. The summed E-state index contributed by atoms with van der Waals surface area (Å²) in [4.78, 5) is 3.80. The Labute approximate surface area is 75.8 Å². The summed E-state index contributed by atoms with van der Waals surface area (Å²) >= 11 is 5.79. The molecular weight excluding hydrogens is 174 g/mol. The van der Waals surface area contributed by atoms with Gasteiger partial charge in [0, 0.05) is 18.0 Å². The summed E-state index contributed by atoms with van der Waals surface area (Å²) in [6.07, 6.45) is 3.03. The van der Waals surface area contributed by atoms with Crippen molar-refractivity contribution in [2.75, 3.05) is 0 Å². The first-order valence-corrected chi connectivity index (χ1v) is 3.76. The summed E-state index contributed by atoms with van der Waals surface area (Å²) in [6, 6.07) is 3.61. The Morgan fingerprint density at radius 3 is 2.92 bits per heavy atom. The van der Waals surface area contributed by atoms with Gasteiger partial charge in [0.15, 0.2) is 0 Å². The lowest BCUT2D eigenvalue weighted by Crippen LogP contribution is -2.31. The highest BCUT2D eigenvalue weighted by atomic mass is 35.5. The first-order valence-electron chi connectivity index (χ1n) is 3.38. The lowest BCUT2D eigenvalue weighted by Gasteiger charge is -2.16. The number of pyridine rings is 1. The van der Waals surface area contributed by atoms with E-state index in [2.05, 4.69) is 4.98 Å². The summed E-state index contributed by atoms with van der Waals surface area (Å²) in [5.41, 5.74) is 5.22. The van der Waals surface area contributed by atoms with E-state index in [0.29, 0.717) is 10.6 Å². The van der Waals surface area contributed by atoms with Crippen LogP contribution in [0.25, 0.3) is 0 Å². The molecule has 1 aromatic heterocycles. The number of nitrogens with two attached hydrogens (primary N) is 1. The lowest BCUT2D eigenvalue weighted by atomic mass is 9.96. The molecule has 3 nitrogen and oxygen atoms in total. The van der Waals surface area contributed by atoms with E-state index in [1.54, 1.807) is 19.2 Å². The van der Waals surface area contributed by atoms with Gasteiger partial charge in [-0.15, -0.1) is 0 Å². The van der Waals surface area contributed by atoms with Gasteiger partial charge in [0.2, 0.25) is 0 Å². The molecule has 1 aromatic rings. The minimum Gasteiger partial charge on any atom is -0.310 e. The summed E-state index contributed by atoms with van der Waals surface area (Å²) in [7, 11) is 0. The molecule has 2 N–H and O–H groups in total. The van der Waals surface area contributed by atoms with Gasteiger partial charge in [-0.2, -0.15) is 5.26 Å². The van der Waals surface area contributed by atoms with Crippen molar-refractivity contribution in [1.82, 2.24) is 4.98 Å². The third kappa shape index (κ3) is 1.55. The highest BCUT2D eigenvalue weighted by molar-refractivity contribution is 6.31. The van der Waals surface area contributed by atoms with E-state index in [0.717, 1.165) is 0 Å². The first-order chi connectivity index (χ1) is 5.58. The first kappa shape index (κ1) is 8.98. The Kier molecular flexibility index (Phi) is 2.32. The molecule has 1 rings (SSSR count). The van der Waals surface area contributed by atoms with E-state index in [1.165, 1.54) is 6.20 Å². The zero-order valence-corrected chi connectivity index (χ0v) is 7.34. The molecule has 0 fully saturated rings. The van der Waals surface area contributed by atoms with Crippen LogP contribution >= 0.6 is 11.6 Å². The Morgan fingerprint density at radius 1 is 1.75 bits per heavy atom. The summed E-state index contributed by atoms with van der Waals surface area (Å²) in [5, 5.41) is 9.14. The number of halogens is 1. The molecule has 0 bridgehead atoms. The molecule has 12 heavy (non-hydrogen) atoms. The molecule has 0 aromatic carbocycles. The van der Waals surface area contributed by atoms with Crippen molar-refractivity contribution in [3.63, 3.8) is 0 Å².